The highest BCUT2D eigenvalue weighted by molar-refractivity contribution is 5.73. The first-order valence-corrected chi connectivity index (χ1v) is 6.89. The number of ether oxygens (including phenoxy) is 1. The Morgan fingerprint density at radius 2 is 1.62 bits per heavy atom. The second kappa shape index (κ2) is 7.29. The number of hydrogen-bond donors (Lipinski definition) is 1. The number of hydrogen-bond acceptors (Lipinski definition) is 2. The van der Waals surface area contributed by atoms with Gasteiger partial charge in [0.2, 0.25) is 5.91 Å². The smallest absolute Gasteiger partial charge is 0.217 e. The predicted molar refractivity (Wildman–Crippen MR) is 85.3 cm³/mol. The molecule has 0 aromatic heterocycles. The van der Waals surface area contributed by atoms with Gasteiger partial charge >= 0.3 is 0 Å². The fourth-order valence-corrected chi connectivity index (χ4v) is 1.88. The normalized spacial score (nSPS) is 11.0. The largest absolute Gasteiger partial charge is 0.457 e. The van der Waals surface area contributed by atoms with E-state index in [-0.39, 0.29) is 5.91 Å². The maximum Gasteiger partial charge on any atom is 0.217 e. The van der Waals surface area contributed by atoms with Crippen molar-refractivity contribution < 1.29 is 9.53 Å². The number of carbonyl (C=O) groups excluding carboxylic acids is 1. The van der Waals surface area contributed by atoms with E-state index >= 15 is 0 Å². The summed E-state index contributed by atoms with van der Waals surface area (Å²) in [4.78, 5) is 10.8. The number of rotatable bonds is 5. The van der Waals surface area contributed by atoms with Crippen molar-refractivity contribution in [3.8, 4) is 11.5 Å². The molecule has 0 aliphatic rings. The minimum atomic E-state index is -0.0225. The molecule has 0 bridgehead atoms. The van der Waals surface area contributed by atoms with Gasteiger partial charge in [-0.2, -0.15) is 0 Å². The lowest BCUT2D eigenvalue weighted by Gasteiger charge is -2.07. The Hall–Kier alpha value is -2.55. The van der Waals surface area contributed by atoms with Gasteiger partial charge in [-0.1, -0.05) is 36.4 Å². The summed E-state index contributed by atoms with van der Waals surface area (Å²) in [7, 11) is 0. The lowest BCUT2D eigenvalue weighted by Crippen LogP contribution is -2.19. The predicted octanol–water partition coefficient (Wildman–Crippen LogP) is 4.02. The van der Waals surface area contributed by atoms with Crippen molar-refractivity contribution in [2.75, 3.05) is 6.54 Å². The van der Waals surface area contributed by atoms with E-state index in [0.29, 0.717) is 6.54 Å². The quantitative estimate of drug-likeness (QED) is 0.899. The average Bonchev–Trinajstić information content (AvgIpc) is 2.48. The SMILES string of the molecule is CC(=O)NCC=C(C)c1ccc(Oc2ccccc2)cc1. The van der Waals surface area contributed by atoms with Crippen molar-refractivity contribution in [3.05, 3.63) is 66.2 Å². The van der Waals surface area contributed by atoms with Crippen molar-refractivity contribution in [2.24, 2.45) is 0 Å². The molecule has 0 saturated carbocycles. The number of para-hydroxylation sites is 1. The molecule has 3 heteroatoms. The summed E-state index contributed by atoms with van der Waals surface area (Å²) in [5.41, 5.74) is 2.23. The highest BCUT2D eigenvalue weighted by Crippen LogP contribution is 2.23. The molecule has 3 nitrogen and oxygen atoms in total. The van der Waals surface area contributed by atoms with Gasteiger partial charge in [0, 0.05) is 13.5 Å². The fraction of sp³-hybridized carbons (Fsp3) is 0.167. The van der Waals surface area contributed by atoms with Crippen LogP contribution in [-0.4, -0.2) is 12.5 Å². The van der Waals surface area contributed by atoms with Crippen molar-refractivity contribution >= 4 is 11.5 Å². The Morgan fingerprint density at radius 3 is 2.24 bits per heavy atom. The number of nitrogens with one attached hydrogen (secondary N) is 1. The summed E-state index contributed by atoms with van der Waals surface area (Å²) < 4.78 is 5.75. The summed E-state index contributed by atoms with van der Waals surface area (Å²) in [6.07, 6.45) is 1.99. The van der Waals surface area contributed by atoms with Gasteiger partial charge in [0.15, 0.2) is 0 Å². The zero-order chi connectivity index (χ0) is 15.1. The molecule has 0 heterocycles. The van der Waals surface area contributed by atoms with Gasteiger partial charge < -0.3 is 10.1 Å². The minimum Gasteiger partial charge on any atom is -0.457 e. The number of allylic oxidation sites excluding steroid dienone is 1. The van der Waals surface area contributed by atoms with Crippen LogP contribution in [0.1, 0.15) is 19.4 Å². The van der Waals surface area contributed by atoms with Gasteiger partial charge in [0.1, 0.15) is 11.5 Å². The molecular weight excluding hydrogens is 262 g/mol. The van der Waals surface area contributed by atoms with E-state index in [1.807, 2.05) is 67.6 Å². The topological polar surface area (TPSA) is 38.3 Å². The summed E-state index contributed by atoms with van der Waals surface area (Å²) in [6.45, 7) is 4.08. The van der Waals surface area contributed by atoms with Crippen molar-refractivity contribution in [1.29, 1.82) is 0 Å². The molecule has 2 aromatic carbocycles. The minimum absolute atomic E-state index is 0.0225. The molecule has 0 radical (unpaired) electrons. The number of benzene rings is 2. The van der Waals surface area contributed by atoms with Gasteiger partial charge in [-0.15, -0.1) is 0 Å². The molecule has 0 fully saturated rings. The van der Waals surface area contributed by atoms with Gasteiger partial charge in [-0.05, 0) is 42.3 Å². The Labute approximate surface area is 125 Å². The molecule has 0 atom stereocenters. The summed E-state index contributed by atoms with van der Waals surface area (Å²) in [5.74, 6) is 1.61. The summed E-state index contributed by atoms with van der Waals surface area (Å²) >= 11 is 0. The van der Waals surface area contributed by atoms with Gasteiger partial charge in [0.05, 0.1) is 0 Å². The van der Waals surface area contributed by atoms with Crippen molar-refractivity contribution in [3.63, 3.8) is 0 Å². The summed E-state index contributed by atoms with van der Waals surface area (Å²) in [5, 5.41) is 2.75. The van der Waals surface area contributed by atoms with Crippen LogP contribution in [0, 0.1) is 0 Å². The monoisotopic (exact) mass is 281 g/mol. The third-order valence-electron chi connectivity index (χ3n) is 3.05. The van der Waals surface area contributed by atoms with E-state index in [1.165, 1.54) is 6.92 Å². The van der Waals surface area contributed by atoms with Crippen LogP contribution in [0.2, 0.25) is 0 Å². The van der Waals surface area contributed by atoms with Crippen LogP contribution in [0.4, 0.5) is 0 Å². The standard InChI is InChI=1S/C18H19NO2/c1-14(12-13-19-15(2)20)16-8-10-18(11-9-16)21-17-6-4-3-5-7-17/h3-12H,13H2,1-2H3,(H,19,20). The van der Waals surface area contributed by atoms with E-state index in [1.54, 1.807) is 0 Å². The van der Waals surface area contributed by atoms with Crippen LogP contribution in [0.15, 0.2) is 60.7 Å². The molecule has 1 N–H and O–H groups in total. The Morgan fingerprint density at radius 1 is 1.00 bits per heavy atom. The highest BCUT2D eigenvalue weighted by Gasteiger charge is 1.99. The molecule has 0 aliphatic carbocycles. The van der Waals surface area contributed by atoms with E-state index in [0.717, 1.165) is 22.6 Å². The van der Waals surface area contributed by atoms with E-state index in [4.69, 9.17) is 4.74 Å². The van der Waals surface area contributed by atoms with Crippen LogP contribution in [0.5, 0.6) is 11.5 Å². The lowest BCUT2D eigenvalue weighted by molar-refractivity contribution is -0.118. The lowest BCUT2D eigenvalue weighted by atomic mass is 10.1. The molecule has 21 heavy (non-hydrogen) atoms. The molecule has 0 spiro atoms. The van der Waals surface area contributed by atoms with Crippen LogP contribution in [0.25, 0.3) is 5.57 Å². The molecule has 0 unspecified atom stereocenters. The van der Waals surface area contributed by atoms with Crippen LogP contribution in [0.3, 0.4) is 0 Å². The molecule has 2 aromatic rings. The average molecular weight is 281 g/mol. The second-order valence-electron chi connectivity index (χ2n) is 4.76. The zero-order valence-corrected chi connectivity index (χ0v) is 12.3. The van der Waals surface area contributed by atoms with Crippen LogP contribution < -0.4 is 10.1 Å². The Kier molecular flexibility index (Phi) is 5.16. The van der Waals surface area contributed by atoms with E-state index in [9.17, 15) is 4.79 Å². The zero-order valence-electron chi connectivity index (χ0n) is 12.3. The second-order valence-corrected chi connectivity index (χ2v) is 4.76. The first kappa shape index (κ1) is 14.9. The molecular formula is C18H19NO2. The number of carbonyl (C=O) groups is 1. The Balaban J connectivity index is 2.00. The van der Waals surface area contributed by atoms with Crippen molar-refractivity contribution in [2.45, 2.75) is 13.8 Å². The van der Waals surface area contributed by atoms with Gasteiger partial charge in [-0.3, -0.25) is 4.79 Å². The molecule has 1 amide bonds. The fourth-order valence-electron chi connectivity index (χ4n) is 1.88. The van der Waals surface area contributed by atoms with E-state index < -0.39 is 0 Å². The molecule has 108 valence electrons. The molecule has 2 rings (SSSR count). The molecule has 0 aliphatic heterocycles. The van der Waals surface area contributed by atoms with E-state index in [2.05, 4.69) is 5.32 Å². The number of amides is 1. The van der Waals surface area contributed by atoms with Gasteiger partial charge in [-0.25, -0.2) is 0 Å². The maximum absolute atomic E-state index is 10.8. The highest BCUT2D eigenvalue weighted by atomic mass is 16.5. The third kappa shape index (κ3) is 4.80. The summed E-state index contributed by atoms with van der Waals surface area (Å²) in [6, 6.07) is 17.6. The first-order chi connectivity index (χ1) is 10.1. The Bertz CT molecular complexity index is 615. The van der Waals surface area contributed by atoms with Gasteiger partial charge in [0.25, 0.3) is 0 Å². The maximum atomic E-state index is 10.8. The van der Waals surface area contributed by atoms with Crippen LogP contribution in [-0.2, 0) is 4.79 Å². The first-order valence-electron chi connectivity index (χ1n) is 6.89. The van der Waals surface area contributed by atoms with Crippen LogP contribution >= 0.6 is 0 Å². The van der Waals surface area contributed by atoms with Crippen molar-refractivity contribution in [1.82, 2.24) is 5.32 Å². The third-order valence-corrected chi connectivity index (χ3v) is 3.05. The molecule has 0 saturated heterocycles.